The summed E-state index contributed by atoms with van der Waals surface area (Å²) in [5.74, 6) is 0. The second-order valence-electron chi connectivity index (χ2n) is 15.6. The van der Waals surface area contributed by atoms with E-state index in [0.29, 0.717) is 0 Å². The Morgan fingerprint density at radius 1 is 0.320 bits per heavy atom. The van der Waals surface area contributed by atoms with Crippen LogP contribution in [0.25, 0.3) is 88.3 Å². The molecule has 3 aliphatic rings. The molecule has 8 aromatic rings. The Kier molecular flexibility index (Phi) is 5.34. The maximum atomic E-state index is 2.51. The average molecular weight is 637 g/mol. The fourth-order valence-electron chi connectivity index (χ4n) is 10.1. The van der Waals surface area contributed by atoms with Crippen LogP contribution < -0.4 is 0 Å². The lowest BCUT2D eigenvalue weighted by atomic mass is 9.78. The van der Waals surface area contributed by atoms with E-state index in [0.717, 1.165) is 0 Å². The minimum Gasteiger partial charge on any atom is -0.0619 e. The van der Waals surface area contributed by atoms with Crippen molar-refractivity contribution in [2.24, 2.45) is 0 Å². The molecule has 0 fully saturated rings. The van der Waals surface area contributed by atoms with E-state index in [1.165, 1.54) is 111 Å². The monoisotopic (exact) mass is 636 g/mol. The molecule has 0 bridgehead atoms. The van der Waals surface area contributed by atoms with Crippen molar-refractivity contribution in [2.75, 3.05) is 0 Å². The second-order valence-corrected chi connectivity index (χ2v) is 15.6. The van der Waals surface area contributed by atoms with Crippen LogP contribution in [0.5, 0.6) is 0 Å². The van der Waals surface area contributed by atoms with Gasteiger partial charge in [-0.15, -0.1) is 0 Å². The van der Waals surface area contributed by atoms with Crippen molar-refractivity contribution in [1.82, 2.24) is 0 Å². The van der Waals surface area contributed by atoms with Gasteiger partial charge >= 0.3 is 0 Å². The van der Waals surface area contributed by atoms with Crippen molar-refractivity contribution < 1.29 is 0 Å². The number of benzene rings is 8. The average Bonchev–Trinajstić information content (AvgIpc) is 3.69. The van der Waals surface area contributed by atoms with Gasteiger partial charge in [0.25, 0.3) is 0 Å². The van der Waals surface area contributed by atoms with Gasteiger partial charge in [-0.1, -0.05) is 167 Å². The minimum absolute atomic E-state index is 0.0708. The molecule has 0 aromatic heterocycles. The van der Waals surface area contributed by atoms with E-state index >= 15 is 0 Å². The van der Waals surface area contributed by atoms with Crippen molar-refractivity contribution in [1.29, 1.82) is 0 Å². The zero-order valence-corrected chi connectivity index (χ0v) is 28.9. The molecule has 0 spiro atoms. The van der Waals surface area contributed by atoms with E-state index in [9.17, 15) is 0 Å². The predicted octanol–water partition coefficient (Wildman–Crippen LogP) is 13.6. The molecule has 0 aliphatic heterocycles. The van der Waals surface area contributed by atoms with Crippen LogP contribution in [-0.4, -0.2) is 0 Å². The zero-order valence-electron chi connectivity index (χ0n) is 28.9. The van der Waals surface area contributed by atoms with Gasteiger partial charge in [-0.2, -0.15) is 0 Å². The summed E-state index contributed by atoms with van der Waals surface area (Å²) in [5.41, 5.74) is 21.7. The molecule has 0 saturated carbocycles. The van der Waals surface area contributed by atoms with Gasteiger partial charge in [0.1, 0.15) is 0 Å². The summed E-state index contributed by atoms with van der Waals surface area (Å²) in [6.07, 6.45) is 0. The number of rotatable bonds is 2. The van der Waals surface area contributed by atoms with E-state index in [1.54, 1.807) is 0 Å². The SMILES string of the molecule is CC1(C)c2ccccc2-c2ccc(-c3c4c(c(-c5cccc6c5-c5ccccc5C6(C)C)c5ccccc35)-c3cccc5cccc-4c35)cc21. The van der Waals surface area contributed by atoms with Crippen LogP contribution in [0.3, 0.4) is 0 Å². The summed E-state index contributed by atoms with van der Waals surface area (Å²) in [7, 11) is 0. The van der Waals surface area contributed by atoms with E-state index in [4.69, 9.17) is 0 Å². The molecule has 0 heteroatoms. The molecule has 236 valence electrons. The molecule has 3 aliphatic carbocycles. The van der Waals surface area contributed by atoms with Gasteiger partial charge in [-0.05, 0) is 117 Å². The molecule has 50 heavy (non-hydrogen) atoms. The fourth-order valence-corrected chi connectivity index (χ4v) is 10.1. The standard InChI is InChI=1S/C50H36/c1-49(2)40-24-10-8-19-35(40)45-38(22-13-25-41(45)49)46-34-18-6-5-17-33(34)44(47-36-20-11-14-29-15-12-21-37(43(29)36)48(46)47)30-26-27-32-31-16-7-9-23-39(31)50(3,4)42(32)28-30/h5-28H,1-4H3. The van der Waals surface area contributed by atoms with Crippen LogP contribution in [0.1, 0.15) is 49.9 Å². The lowest BCUT2D eigenvalue weighted by molar-refractivity contribution is 0.660. The topological polar surface area (TPSA) is 0 Å². The van der Waals surface area contributed by atoms with E-state index in [2.05, 4.69) is 173 Å². The Morgan fingerprint density at radius 2 is 0.820 bits per heavy atom. The molecule has 0 N–H and O–H groups in total. The largest absolute Gasteiger partial charge is 0.0619 e. The normalized spacial score (nSPS) is 15.1. The van der Waals surface area contributed by atoms with Crippen LogP contribution in [0.4, 0.5) is 0 Å². The molecular weight excluding hydrogens is 601 g/mol. The molecule has 0 heterocycles. The third-order valence-electron chi connectivity index (χ3n) is 12.4. The van der Waals surface area contributed by atoms with Gasteiger partial charge in [0, 0.05) is 10.8 Å². The van der Waals surface area contributed by atoms with E-state index in [-0.39, 0.29) is 10.8 Å². The van der Waals surface area contributed by atoms with Crippen molar-refractivity contribution in [3.63, 3.8) is 0 Å². The van der Waals surface area contributed by atoms with Crippen molar-refractivity contribution in [2.45, 2.75) is 38.5 Å². The van der Waals surface area contributed by atoms with Gasteiger partial charge in [0.05, 0.1) is 0 Å². The predicted molar refractivity (Wildman–Crippen MR) is 212 cm³/mol. The summed E-state index contributed by atoms with van der Waals surface area (Å²) < 4.78 is 0. The molecule has 0 saturated heterocycles. The van der Waals surface area contributed by atoms with E-state index in [1.807, 2.05) is 0 Å². The smallest absolute Gasteiger partial charge is 0.0159 e. The molecule has 0 atom stereocenters. The van der Waals surface area contributed by atoms with Gasteiger partial charge in [-0.3, -0.25) is 0 Å². The number of hydrogen-bond donors (Lipinski definition) is 0. The highest BCUT2D eigenvalue weighted by atomic mass is 14.4. The third-order valence-corrected chi connectivity index (χ3v) is 12.4. The Balaban J connectivity index is 1.30. The van der Waals surface area contributed by atoms with Crippen LogP contribution in [0, 0.1) is 0 Å². The van der Waals surface area contributed by atoms with Gasteiger partial charge in [0.2, 0.25) is 0 Å². The summed E-state index contributed by atoms with van der Waals surface area (Å²) in [6.45, 7) is 9.55. The molecular formula is C50H36. The maximum absolute atomic E-state index is 2.51. The van der Waals surface area contributed by atoms with Gasteiger partial charge in [0.15, 0.2) is 0 Å². The van der Waals surface area contributed by atoms with Crippen LogP contribution in [0.15, 0.2) is 146 Å². The lowest BCUT2D eigenvalue weighted by Gasteiger charge is -2.25. The Bertz CT molecular complexity index is 2800. The van der Waals surface area contributed by atoms with Crippen LogP contribution in [-0.2, 0) is 10.8 Å². The summed E-state index contributed by atoms with van der Waals surface area (Å²) in [6, 6.07) is 55.3. The molecule has 0 amide bonds. The zero-order chi connectivity index (χ0) is 33.5. The summed E-state index contributed by atoms with van der Waals surface area (Å²) in [5, 5.41) is 5.28. The lowest BCUT2D eigenvalue weighted by Crippen LogP contribution is -2.15. The van der Waals surface area contributed by atoms with E-state index < -0.39 is 0 Å². The van der Waals surface area contributed by atoms with Crippen molar-refractivity contribution >= 4 is 21.5 Å². The first-order valence-electron chi connectivity index (χ1n) is 18.0. The third kappa shape index (κ3) is 3.37. The molecule has 8 aromatic carbocycles. The number of hydrogen-bond acceptors (Lipinski definition) is 0. The second kappa shape index (κ2) is 9.49. The first-order valence-corrected chi connectivity index (χ1v) is 18.0. The highest BCUT2D eigenvalue weighted by Gasteiger charge is 2.39. The quantitative estimate of drug-likeness (QED) is 0.177. The molecule has 0 radical (unpaired) electrons. The fraction of sp³-hybridized carbons (Fsp3) is 0.120. The molecule has 0 unspecified atom stereocenters. The van der Waals surface area contributed by atoms with Crippen molar-refractivity contribution in [3.8, 4) is 66.8 Å². The first kappa shape index (κ1) is 28.2. The highest BCUT2D eigenvalue weighted by Crippen LogP contribution is 2.61. The van der Waals surface area contributed by atoms with Crippen LogP contribution >= 0.6 is 0 Å². The minimum atomic E-state index is -0.0748. The number of fused-ring (bicyclic) bond motifs is 10. The van der Waals surface area contributed by atoms with Crippen LogP contribution in [0.2, 0.25) is 0 Å². The highest BCUT2D eigenvalue weighted by molar-refractivity contribution is 6.28. The maximum Gasteiger partial charge on any atom is 0.0159 e. The Hall–Kier alpha value is -5.72. The Labute approximate surface area is 293 Å². The molecule has 0 nitrogen and oxygen atoms in total. The summed E-state index contributed by atoms with van der Waals surface area (Å²) in [4.78, 5) is 0. The van der Waals surface area contributed by atoms with Gasteiger partial charge < -0.3 is 0 Å². The van der Waals surface area contributed by atoms with Crippen molar-refractivity contribution in [3.05, 3.63) is 168 Å². The first-order chi connectivity index (χ1) is 24.4. The molecule has 11 rings (SSSR count). The summed E-state index contributed by atoms with van der Waals surface area (Å²) >= 11 is 0. The Morgan fingerprint density at radius 3 is 1.56 bits per heavy atom. The van der Waals surface area contributed by atoms with Gasteiger partial charge in [-0.25, -0.2) is 0 Å².